The molecule has 3 aromatic rings. The molecule has 1 N–H and O–H groups in total. The van der Waals surface area contributed by atoms with E-state index in [-0.39, 0.29) is 13.2 Å². The quantitative estimate of drug-likeness (QED) is 0.522. The van der Waals surface area contributed by atoms with Gasteiger partial charge in [-0.05, 0) is 47.7 Å². The molecule has 0 spiro atoms. The van der Waals surface area contributed by atoms with E-state index in [1.807, 2.05) is 42.5 Å². The molecule has 0 atom stereocenters. The predicted molar refractivity (Wildman–Crippen MR) is 120 cm³/mol. The number of carbonyl (C=O) groups is 3. The Balaban J connectivity index is 1.49. The minimum absolute atomic E-state index is 0.255. The molecular weight excluding hydrogens is 406 g/mol. The lowest BCUT2D eigenvalue weighted by atomic mass is 10.00. The number of hydrogen-bond acceptors (Lipinski definition) is 5. The zero-order valence-corrected chi connectivity index (χ0v) is 17.9. The van der Waals surface area contributed by atoms with Crippen molar-refractivity contribution in [3.8, 4) is 0 Å². The number of nitrogens with one attached hydrogen (secondary N) is 1. The average molecular weight is 431 g/mol. The summed E-state index contributed by atoms with van der Waals surface area (Å²) < 4.78 is 9.88. The van der Waals surface area contributed by atoms with Crippen molar-refractivity contribution >= 4 is 17.8 Å². The molecule has 1 amide bonds. The molecule has 0 aliphatic carbocycles. The van der Waals surface area contributed by atoms with Gasteiger partial charge in [0.05, 0.1) is 18.2 Å². The molecule has 32 heavy (non-hydrogen) atoms. The second kappa shape index (κ2) is 11.5. The summed E-state index contributed by atoms with van der Waals surface area (Å²) >= 11 is 0. The van der Waals surface area contributed by atoms with E-state index in [0.29, 0.717) is 17.5 Å². The highest BCUT2D eigenvalue weighted by molar-refractivity contribution is 5.92. The highest BCUT2D eigenvalue weighted by Gasteiger charge is 2.14. The molecule has 3 aromatic carbocycles. The first-order valence-electron chi connectivity index (χ1n) is 10.3. The van der Waals surface area contributed by atoms with Gasteiger partial charge in [-0.3, -0.25) is 4.79 Å². The number of carbonyl (C=O) groups excluding carboxylic acids is 3. The molecule has 0 unspecified atom stereocenters. The van der Waals surface area contributed by atoms with E-state index >= 15 is 0 Å². The molecule has 0 aliphatic heterocycles. The maximum Gasteiger partial charge on any atom is 0.338 e. The van der Waals surface area contributed by atoms with E-state index in [4.69, 9.17) is 4.74 Å². The van der Waals surface area contributed by atoms with Crippen molar-refractivity contribution < 1.29 is 23.9 Å². The Morgan fingerprint density at radius 3 is 2.16 bits per heavy atom. The van der Waals surface area contributed by atoms with Crippen molar-refractivity contribution in [2.75, 3.05) is 13.7 Å². The summed E-state index contributed by atoms with van der Waals surface area (Å²) in [6, 6.07) is 24.0. The fourth-order valence-corrected chi connectivity index (χ4v) is 3.20. The molecule has 0 aliphatic rings. The van der Waals surface area contributed by atoms with Crippen molar-refractivity contribution in [2.45, 2.75) is 19.4 Å². The topological polar surface area (TPSA) is 81.7 Å². The highest BCUT2D eigenvalue weighted by atomic mass is 16.5. The molecule has 0 saturated carbocycles. The van der Waals surface area contributed by atoms with E-state index in [9.17, 15) is 14.4 Å². The first-order valence-corrected chi connectivity index (χ1v) is 10.3. The summed E-state index contributed by atoms with van der Waals surface area (Å²) in [5.74, 6) is -1.35. The number of rotatable bonds is 9. The van der Waals surface area contributed by atoms with Crippen LogP contribution in [0, 0.1) is 0 Å². The van der Waals surface area contributed by atoms with Crippen molar-refractivity contribution in [3.63, 3.8) is 0 Å². The third-order valence-corrected chi connectivity index (χ3v) is 4.96. The van der Waals surface area contributed by atoms with Gasteiger partial charge in [0.25, 0.3) is 5.91 Å². The van der Waals surface area contributed by atoms with Gasteiger partial charge in [-0.2, -0.15) is 0 Å². The van der Waals surface area contributed by atoms with Gasteiger partial charge in [0, 0.05) is 6.54 Å². The number of aryl methyl sites for hydroxylation is 2. The van der Waals surface area contributed by atoms with Gasteiger partial charge in [-0.15, -0.1) is 0 Å². The Kier molecular flexibility index (Phi) is 8.15. The summed E-state index contributed by atoms with van der Waals surface area (Å²) in [4.78, 5) is 36.1. The third-order valence-electron chi connectivity index (χ3n) is 4.96. The lowest BCUT2D eigenvalue weighted by Gasteiger charge is -2.10. The second-order valence-corrected chi connectivity index (χ2v) is 7.18. The molecule has 0 radical (unpaired) electrons. The zero-order valence-electron chi connectivity index (χ0n) is 17.9. The monoisotopic (exact) mass is 431 g/mol. The molecular formula is C26H25NO5. The minimum atomic E-state index is -0.522. The van der Waals surface area contributed by atoms with Crippen LogP contribution in [0.25, 0.3) is 0 Å². The van der Waals surface area contributed by atoms with E-state index in [2.05, 4.69) is 10.1 Å². The molecule has 164 valence electrons. The standard InChI is InChI=1S/C26H25NO5/c1-31-25(29)22-15-12-20(13-16-22)17-27-24(28)18-32-26(30)23-10-6-5-9-21(23)14-11-19-7-3-2-4-8-19/h2-10,12-13,15-16H,11,14,17-18H2,1H3,(H,27,28). The Hall–Kier alpha value is -3.93. The molecule has 6 heteroatoms. The highest BCUT2D eigenvalue weighted by Crippen LogP contribution is 2.14. The van der Waals surface area contributed by atoms with E-state index in [1.165, 1.54) is 12.7 Å². The zero-order chi connectivity index (χ0) is 22.8. The SMILES string of the molecule is COC(=O)c1ccc(CNC(=O)COC(=O)c2ccccc2CCc2ccccc2)cc1. The van der Waals surface area contributed by atoms with Crippen LogP contribution in [-0.2, 0) is 33.7 Å². The van der Waals surface area contributed by atoms with Crippen molar-refractivity contribution in [1.82, 2.24) is 5.32 Å². The predicted octanol–water partition coefficient (Wildman–Crippen LogP) is 3.73. The molecule has 0 heterocycles. The number of hydrogen-bond donors (Lipinski definition) is 1. The fourth-order valence-electron chi connectivity index (χ4n) is 3.20. The molecule has 6 nitrogen and oxygen atoms in total. The number of methoxy groups -OCH3 is 1. The number of ether oxygens (including phenoxy) is 2. The van der Waals surface area contributed by atoms with Gasteiger partial charge in [0.2, 0.25) is 0 Å². The smallest absolute Gasteiger partial charge is 0.338 e. The first-order chi connectivity index (χ1) is 15.6. The fraction of sp³-hybridized carbons (Fsp3) is 0.192. The summed E-state index contributed by atoms with van der Waals surface area (Å²) in [5, 5.41) is 2.70. The van der Waals surface area contributed by atoms with Crippen LogP contribution in [0.5, 0.6) is 0 Å². The Morgan fingerprint density at radius 2 is 1.44 bits per heavy atom. The van der Waals surface area contributed by atoms with Crippen molar-refractivity contribution in [1.29, 1.82) is 0 Å². The minimum Gasteiger partial charge on any atom is -0.465 e. The normalized spacial score (nSPS) is 10.3. The number of amides is 1. The van der Waals surface area contributed by atoms with Crippen LogP contribution >= 0.6 is 0 Å². The van der Waals surface area contributed by atoms with Gasteiger partial charge in [0.15, 0.2) is 6.61 Å². The van der Waals surface area contributed by atoms with Crippen molar-refractivity contribution in [2.24, 2.45) is 0 Å². The second-order valence-electron chi connectivity index (χ2n) is 7.18. The van der Waals surface area contributed by atoms with Gasteiger partial charge in [-0.1, -0.05) is 60.7 Å². The van der Waals surface area contributed by atoms with Crippen LogP contribution in [0.15, 0.2) is 78.9 Å². The third kappa shape index (κ3) is 6.54. The summed E-state index contributed by atoms with van der Waals surface area (Å²) in [5.41, 5.74) is 3.78. The van der Waals surface area contributed by atoms with Crippen LogP contribution in [0.3, 0.4) is 0 Å². The Morgan fingerprint density at radius 1 is 0.750 bits per heavy atom. The van der Waals surface area contributed by atoms with Crippen LogP contribution in [0.4, 0.5) is 0 Å². The van der Waals surface area contributed by atoms with Crippen LogP contribution < -0.4 is 5.32 Å². The number of esters is 2. The van der Waals surface area contributed by atoms with Gasteiger partial charge in [-0.25, -0.2) is 9.59 Å². The van der Waals surface area contributed by atoms with E-state index in [0.717, 1.165) is 17.5 Å². The number of benzene rings is 3. The summed E-state index contributed by atoms with van der Waals surface area (Å²) in [6.45, 7) is -0.113. The molecule has 0 fully saturated rings. The molecule has 0 saturated heterocycles. The lowest BCUT2D eigenvalue weighted by molar-refractivity contribution is -0.124. The van der Waals surface area contributed by atoms with Crippen LogP contribution in [-0.4, -0.2) is 31.6 Å². The summed E-state index contributed by atoms with van der Waals surface area (Å²) in [7, 11) is 1.32. The molecule has 3 rings (SSSR count). The van der Waals surface area contributed by atoms with Crippen LogP contribution in [0.1, 0.15) is 37.4 Å². The average Bonchev–Trinajstić information content (AvgIpc) is 2.85. The van der Waals surface area contributed by atoms with E-state index < -0.39 is 17.8 Å². The maximum atomic E-state index is 12.5. The van der Waals surface area contributed by atoms with E-state index in [1.54, 1.807) is 36.4 Å². The largest absolute Gasteiger partial charge is 0.465 e. The maximum absolute atomic E-state index is 12.5. The van der Waals surface area contributed by atoms with Gasteiger partial charge < -0.3 is 14.8 Å². The lowest BCUT2D eigenvalue weighted by Crippen LogP contribution is -2.28. The Bertz CT molecular complexity index is 1060. The van der Waals surface area contributed by atoms with Crippen LogP contribution in [0.2, 0.25) is 0 Å². The van der Waals surface area contributed by atoms with Gasteiger partial charge in [0.1, 0.15) is 0 Å². The van der Waals surface area contributed by atoms with Gasteiger partial charge >= 0.3 is 11.9 Å². The molecule has 0 aromatic heterocycles. The summed E-state index contributed by atoms with van der Waals surface area (Å²) in [6.07, 6.45) is 1.50. The first kappa shape index (κ1) is 22.7. The molecule has 0 bridgehead atoms. The Labute approximate surface area is 187 Å². The van der Waals surface area contributed by atoms with Crippen molar-refractivity contribution in [3.05, 3.63) is 107 Å².